The fourth-order valence-corrected chi connectivity index (χ4v) is 5.19. The summed E-state index contributed by atoms with van der Waals surface area (Å²) < 4.78 is 0. The smallest absolute Gasteiger partial charge is 0.336 e. The molecule has 2 heterocycles. The van der Waals surface area contributed by atoms with Gasteiger partial charge < -0.3 is 21.1 Å². The Bertz CT molecular complexity index is 1760. The summed E-state index contributed by atoms with van der Waals surface area (Å²) in [7, 11) is 0. The van der Waals surface area contributed by atoms with Crippen LogP contribution in [0.2, 0.25) is 10.0 Å². The van der Waals surface area contributed by atoms with Gasteiger partial charge in [-0.05, 0) is 64.7 Å². The minimum Gasteiger partial charge on any atom is -0.478 e. The molecular formula is C34H28Cl2N4O3. The summed E-state index contributed by atoms with van der Waals surface area (Å²) in [4.78, 5) is 29.2. The van der Waals surface area contributed by atoms with E-state index in [2.05, 4.69) is 15.2 Å². The number of carbonyl (C=O) groups excluding carboxylic acids is 1. The van der Waals surface area contributed by atoms with Crippen LogP contribution >= 0.6 is 23.2 Å². The molecule has 216 valence electrons. The van der Waals surface area contributed by atoms with E-state index < -0.39 is 11.9 Å². The molecule has 1 amide bonds. The Morgan fingerprint density at radius 1 is 0.860 bits per heavy atom. The van der Waals surface area contributed by atoms with Crippen LogP contribution in [0, 0.1) is 0 Å². The number of hydrogen-bond acceptors (Lipinski definition) is 5. The summed E-state index contributed by atoms with van der Waals surface area (Å²) >= 11 is 12.5. The van der Waals surface area contributed by atoms with Gasteiger partial charge in [0.15, 0.2) is 0 Å². The number of amides is 1. The number of fused-ring (bicyclic) bond motifs is 1. The number of rotatable bonds is 6. The Kier molecular flexibility index (Phi) is 9.25. The molecule has 0 fully saturated rings. The van der Waals surface area contributed by atoms with Crippen molar-refractivity contribution in [2.24, 2.45) is 5.73 Å². The highest BCUT2D eigenvalue weighted by Crippen LogP contribution is 2.35. The Labute approximate surface area is 259 Å². The van der Waals surface area contributed by atoms with E-state index in [0.717, 1.165) is 46.8 Å². The van der Waals surface area contributed by atoms with Crippen molar-refractivity contribution in [3.8, 4) is 22.3 Å². The van der Waals surface area contributed by atoms with Crippen molar-refractivity contribution in [3.63, 3.8) is 0 Å². The molecule has 0 aliphatic carbocycles. The average Bonchev–Trinajstić information content (AvgIpc) is 3.03. The van der Waals surface area contributed by atoms with Crippen molar-refractivity contribution in [3.05, 3.63) is 136 Å². The van der Waals surface area contributed by atoms with E-state index in [-0.39, 0.29) is 5.56 Å². The minimum absolute atomic E-state index is 0.248. The van der Waals surface area contributed by atoms with Gasteiger partial charge in [-0.3, -0.25) is 4.79 Å². The van der Waals surface area contributed by atoms with E-state index in [1.807, 2.05) is 60.7 Å². The number of carboxylic acid groups (broad SMARTS) is 1. The number of nitrogens with zero attached hydrogens (tertiary/aromatic N) is 2. The molecule has 0 saturated carbocycles. The van der Waals surface area contributed by atoms with Gasteiger partial charge in [0.25, 0.3) is 0 Å². The molecule has 0 saturated heterocycles. The SMILES string of the molecule is NC(=O)c1ccc(-c2ccccc2)cc1.O=C(O)c1ccccc1-c1cnc2c(c1)N(Cc1cc(Cl)ccc1Cl)CCN2. The van der Waals surface area contributed by atoms with E-state index in [4.69, 9.17) is 28.9 Å². The van der Waals surface area contributed by atoms with Crippen LogP contribution in [-0.2, 0) is 6.54 Å². The maximum Gasteiger partial charge on any atom is 0.336 e. The van der Waals surface area contributed by atoms with E-state index >= 15 is 0 Å². The third-order valence-electron chi connectivity index (χ3n) is 7.00. The van der Waals surface area contributed by atoms with Crippen molar-refractivity contribution >= 4 is 46.6 Å². The number of pyridine rings is 1. The number of halogens is 2. The summed E-state index contributed by atoms with van der Waals surface area (Å²) in [6, 6.07) is 31.6. The Morgan fingerprint density at radius 2 is 1.56 bits per heavy atom. The highest BCUT2D eigenvalue weighted by molar-refractivity contribution is 6.33. The number of benzene rings is 4. The number of aromatic nitrogens is 1. The van der Waals surface area contributed by atoms with Crippen LogP contribution in [0.15, 0.2) is 109 Å². The second kappa shape index (κ2) is 13.4. The average molecular weight is 612 g/mol. The van der Waals surface area contributed by atoms with Crippen LogP contribution in [0.3, 0.4) is 0 Å². The molecule has 4 N–H and O–H groups in total. The summed E-state index contributed by atoms with van der Waals surface area (Å²) in [5.74, 6) is -0.593. The zero-order chi connectivity index (χ0) is 30.3. The number of primary amides is 1. The molecule has 4 aromatic carbocycles. The first-order valence-electron chi connectivity index (χ1n) is 13.5. The fraction of sp³-hybridized carbons (Fsp3) is 0.0882. The zero-order valence-electron chi connectivity index (χ0n) is 23.0. The second-order valence-corrected chi connectivity index (χ2v) is 10.7. The van der Waals surface area contributed by atoms with Crippen molar-refractivity contribution in [1.82, 2.24) is 4.98 Å². The van der Waals surface area contributed by atoms with Gasteiger partial charge in [0, 0.05) is 47.0 Å². The van der Waals surface area contributed by atoms with Gasteiger partial charge in [-0.15, -0.1) is 0 Å². The lowest BCUT2D eigenvalue weighted by Crippen LogP contribution is -2.34. The minimum atomic E-state index is -0.964. The van der Waals surface area contributed by atoms with E-state index in [1.165, 1.54) is 0 Å². The first kappa shape index (κ1) is 29.6. The van der Waals surface area contributed by atoms with E-state index in [0.29, 0.717) is 27.7 Å². The van der Waals surface area contributed by atoms with Crippen molar-refractivity contribution < 1.29 is 14.7 Å². The standard InChI is InChI=1S/C21H17Cl2N3O2.C13H11NO/c22-15-5-6-18(23)14(9-15)12-26-8-7-24-20-19(26)10-13(11-25-20)16-3-1-2-4-17(16)21(27)28;14-13(15)12-8-6-11(7-9-12)10-4-2-1-3-5-10/h1-6,9-11H,7-8,12H2,(H,24,25)(H,27,28);1-9H,(H2,14,15). The first-order valence-corrected chi connectivity index (χ1v) is 14.3. The van der Waals surface area contributed by atoms with E-state index in [9.17, 15) is 14.7 Å². The Hall–Kier alpha value is -4.85. The van der Waals surface area contributed by atoms with Crippen LogP contribution in [0.5, 0.6) is 0 Å². The zero-order valence-corrected chi connectivity index (χ0v) is 24.5. The molecule has 0 radical (unpaired) electrons. The Morgan fingerprint density at radius 3 is 2.28 bits per heavy atom. The predicted octanol–water partition coefficient (Wildman–Crippen LogP) is 7.64. The molecule has 1 aromatic heterocycles. The number of nitrogens with two attached hydrogens (primary N) is 1. The maximum atomic E-state index is 11.6. The lowest BCUT2D eigenvalue weighted by atomic mass is 10.0. The fourth-order valence-electron chi connectivity index (χ4n) is 4.82. The van der Waals surface area contributed by atoms with Gasteiger partial charge in [-0.25, -0.2) is 9.78 Å². The van der Waals surface area contributed by atoms with Crippen LogP contribution in [0.1, 0.15) is 26.3 Å². The number of anilines is 2. The topological polar surface area (TPSA) is 109 Å². The molecule has 0 atom stereocenters. The van der Waals surface area contributed by atoms with Gasteiger partial charge in [0.1, 0.15) is 5.82 Å². The number of carboxylic acids is 1. The number of nitrogens with one attached hydrogen (secondary N) is 1. The second-order valence-electron chi connectivity index (χ2n) is 9.83. The molecule has 5 aromatic rings. The number of aromatic carboxylic acids is 1. The van der Waals surface area contributed by atoms with Crippen LogP contribution in [-0.4, -0.2) is 35.1 Å². The summed E-state index contributed by atoms with van der Waals surface area (Å²) in [5, 5.41) is 14.1. The molecule has 1 aliphatic heterocycles. The van der Waals surface area contributed by atoms with Crippen LogP contribution < -0.4 is 16.0 Å². The number of carbonyl (C=O) groups is 2. The summed E-state index contributed by atoms with van der Waals surface area (Å²) in [6.45, 7) is 2.10. The number of hydrogen-bond donors (Lipinski definition) is 3. The molecular weight excluding hydrogens is 583 g/mol. The third-order valence-corrected chi connectivity index (χ3v) is 7.60. The van der Waals surface area contributed by atoms with Gasteiger partial charge in [0.05, 0.1) is 11.3 Å². The lowest BCUT2D eigenvalue weighted by Gasteiger charge is -2.32. The van der Waals surface area contributed by atoms with Gasteiger partial charge in [-0.2, -0.15) is 0 Å². The molecule has 0 bridgehead atoms. The lowest BCUT2D eigenvalue weighted by molar-refractivity contribution is 0.0697. The summed E-state index contributed by atoms with van der Waals surface area (Å²) in [6.07, 6.45) is 1.70. The van der Waals surface area contributed by atoms with Crippen LogP contribution in [0.25, 0.3) is 22.3 Å². The quantitative estimate of drug-likeness (QED) is 0.182. The molecule has 1 aliphatic rings. The van der Waals surface area contributed by atoms with Gasteiger partial charge in [-0.1, -0.05) is 83.9 Å². The largest absolute Gasteiger partial charge is 0.478 e. The molecule has 0 unspecified atom stereocenters. The third kappa shape index (κ3) is 7.15. The van der Waals surface area contributed by atoms with Gasteiger partial charge >= 0.3 is 5.97 Å². The first-order chi connectivity index (χ1) is 20.8. The highest BCUT2D eigenvalue weighted by atomic mass is 35.5. The predicted molar refractivity (Wildman–Crippen MR) is 173 cm³/mol. The molecule has 9 heteroatoms. The normalized spacial score (nSPS) is 11.9. The summed E-state index contributed by atoms with van der Waals surface area (Å²) in [5.41, 5.74) is 11.4. The molecule has 7 nitrogen and oxygen atoms in total. The van der Waals surface area contributed by atoms with Crippen molar-refractivity contribution in [1.29, 1.82) is 0 Å². The van der Waals surface area contributed by atoms with Crippen molar-refractivity contribution in [2.75, 3.05) is 23.3 Å². The molecule has 0 spiro atoms. The van der Waals surface area contributed by atoms with Crippen molar-refractivity contribution in [2.45, 2.75) is 6.54 Å². The van der Waals surface area contributed by atoms with Gasteiger partial charge in [0.2, 0.25) is 5.91 Å². The monoisotopic (exact) mass is 610 g/mol. The maximum absolute atomic E-state index is 11.6. The highest BCUT2D eigenvalue weighted by Gasteiger charge is 2.21. The van der Waals surface area contributed by atoms with E-state index in [1.54, 1.807) is 48.7 Å². The van der Waals surface area contributed by atoms with Crippen LogP contribution in [0.4, 0.5) is 11.5 Å². The molecule has 6 rings (SSSR count). The Balaban J connectivity index is 0.000000207. The molecule has 43 heavy (non-hydrogen) atoms.